The molecule has 1 aromatic rings. The Bertz CT molecular complexity index is 753. The van der Waals surface area contributed by atoms with Crippen LogP contribution in [0.25, 0.3) is 0 Å². The Morgan fingerprint density at radius 2 is 2.24 bits per heavy atom. The van der Waals surface area contributed by atoms with E-state index in [1.165, 1.54) is 0 Å². The number of ketones is 1. The molecule has 132 valence electrons. The first-order valence-corrected chi connectivity index (χ1v) is 8.50. The highest BCUT2D eigenvalue weighted by molar-refractivity contribution is 6.10. The van der Waals surface area contributed by atoms with Gasteiger partial charge in [-0.05, 0) is 23.5 Å². The number of carbonyl (C=O) groups is 1. The second kappa shape index (κ2) is 6.95. The van der Waals surface area contributed by atoms with Gasteiger partial charge >= 0.3 is 0 Å². The molecular weight excluding hydrogens is 318 g/mol. The van der Waals surface area contributed by atoms with Gasteiger partial charge in [-0.1, -0.05) is 13.8 Å². The summed E-state index contributed by atoms with van der Waals surface area (Å²) >= 11 is 0. The number of fused-ring (bicyclic) bond motifs is 1. The molecule has 0 saturated heterocycles. The normalized spacial score (nSPS) is 25.4. The molecule has 1 fully saturated rings. The summed E-state index contributed by atoms with van der Waals surface area (Å²) in [5.41, 5.74) is 8.11. The van der Waals surface area contributed by atoms with Crippen LogP contribution in [0.5, 0.6) is 0 Å². The molecule has 25 heavy (non-hydrogen) atoms. The summed E-state index contributed by atoms with van der Waals surface area (Å²) in [5, 5.41) is 9.77. The number of nitrogens with zero attached hydrogens (tertiary/aromatic N) is 2. The van der Waals surface area contributed by atoms with Crippen molar-refractivity contribution in [1.82, 2.24) is 0 Å². The van der Waals surface area contributed by atoms with Gasteiger partial charge in [-0.15, -0.1) is 0 Å². The molecular formula is C19H23N3O3. The first-order chi connectivity index (χ1) is 12.0. The molecule has 6 heteroatoms. The van der Waals surface area contributed by atoms with Gasteiger partial charge in [0.25, 0.3) is 0 Å². The zero-order chi connectivity index (χ0) is 18.0. The molecule has 2 atom stereocenters. The molecule has 2 N–H and O–H groups in total. The summed E-state index contributed by atoms with van der Waals surface area (Å²) in [6.45, 7) is 5.18. The molecule has 0 aromatic carbocycles. The molecule has 1 aliphatic heterocycles. The number of carbonyl (C=O) groups excluding carboxylic acids is 1. The monoisotopic (exact) mass is 341 g/mol. The number of Topliss-reactive ketones (excluding diaryl/α,β-unsaturated/α-hetero) is 1. The summed E-state index contributed by atoms with van der Waals surface area (Å²) in [6, 6.07) is 4.08. The van der Waals surface area contributed by atoms with E-state index in [1.807, 2.05) is 6.07 Å². The van der Waals surface area contributed by atoms with E-state index >= 15 is 0 Å². The van der Waals surface area contributed by atoms with E-state index in [4.69, 9.17) is 19.9 Å². The van der Waals surface area contributed by atoms with Crippen LogP contribution in [0.15, 0.2) is 39.3 Å². The number of furan rings is 1. The number of hydrogen-bond acceptors (Lipinski definition) is 6. The number of allylic oxidation sites excluding steroid dienone is 1. The maximum absolute atomic E-state index is 12.9. The van der Waals surface area contributed by atoms with Gasteiger partial charge in [-0.3, -0.25) is 9.79 Å². The molecule has 2 unspecified atom stereocenters. The molecule has 1 aromatic heterocycles. The lowest BCUT2D eigenvalue weighted by Gasteiger charge is -2.40. The van der Waals surface area contributed by atoms with Crippen molar-refractivity contribution in [3.05, 3.63) is 35.4 Å². The molecule has 1 aliphatic carbocycles. The Kier molecular flexibility index (Phi) is 4.89. The third-order valence-corrected chi connectivity index (χ3v) is 4.78. The fraction of sp³-hybridized carbons (Fsp3) is 0.526. The number of rotatable bonds is 5. The van der Waals surface area contributed by atoms with Crippen molar-refractivity contribution < 1.29 is 13.9 Å². The van der Waals surface area contributed by atoms with Gasteiger partial charge < -0.3 is 14.9 Å². The van der Waals surface area contributed by atoms with Gasteiger partial charge in [-0.25, -0.2) is 0 Å². The van der Waals surface area contributed by atoms with Crippen LogP contribution >= 0.6 is 0 Å². The fourth-order valence-corrected chi connectivity index (χ4v) is 3.80. The SMILES string of the molecule is CC1(C)CC(=O)C2C(=NC(COCCN)=C(C#N)C2c2ccoc2)C1. The van der Waals surface area contributed by atoms with E-state index in [0.717, 1.165) is 17.7 Å². The van der Waals surface area contributed by atoms with Gasteiger partial charge in [0, 0.05) is 24.6 Å². The maximum atomic E-state index is 12.9. The van der Waals surface area contributed by atoms with Crippen molar-refractivity contribution in [2.45, 2.75) is 32.6 Å². The van der Waals surface area contributed by atoms with Crippen molar-refractivity contribution in [3.63, 3.8) is 0 Å². The van der Waals surface area contributed by atoms with Gasteiger partial charge in [0.2, 0.25) is 0 Å². The van der Waals surface area contributed by atoms with Crippen LogP contribution in [0.2, 0.25) is 0 Å². The molecule has 6 nitrogen and oxygen atoms in total. The first-order valence-electron chi connectivity index (χ1n) is 8.50. The minimum absolute atomic E-state index is 0.124. The zero-order valence-corrected chi connectivity index (χ0v) is 14.6. The number of aliphatic imine (C=N–C) groups is 1. The summed E-state index contributed by atoms with van der Waals surface area (Å²) in [5.74, 6) is -0.606. The quantitative estimate of drug-likeness (QED) is 0.829. The van der Waals surface area contributed by atoms with E-state index in [-0.39, 0.29) is 23.7 Å². The Morgan fingerprint density at radius 3 is 2.88 bits per heavy atom. The average Bonchev–Trinajstić information content (AvgIpc) is 3.06. The highest BCUT2D eigenvalue weighted by atomic mass is 16.5. The molecule has 0 bridgehead atoms. The summed E-state index contributed by atoms with van der Waals surface area (Å²) in [6.07, 6.45) is 4.40. The highest BCUT2D eigenvalue weighted by Crippen LogP contribution is 2.46. The molecule has 0 amide bonds. The molecule has 0 radical (unpaired) electrons. The van der Waals surface area contributed by atoms with E-state index in [0.29, 0.717) is 30.8 Å². The van der Waals surface area contributed by atoms with Crippen molar-refractivity contribution in [2.24, 2.45) is 22.1 Å². The van der Waals surface area contributed by atoms with E-state index in [9.17, 15) is 10.1 Å². The third-order valence-electron chi connectivity index (χ3n) is 4.78. The molecule has 2 aliphatic rings. The van der Waals surface area contributed by atoms with Crippen LogP contribution in [0.3, 0.4) is 0 Å². The Morgan fingerprint density at radius 1 is 1.44 bits per heavy atom. The number of nitrogens with two attached hydrogens (primary N) is 1. The highest BCUT2D eigenvalue weighted by Gasteiger charge is 2.46. The van der Waals surface area contributed by atoms with Crippen LogP contribution in [0, 0.1) is 22.7 Å². The van der Waals surface area contributed by atoms with Gasteiger partial charge in [-0.2, -0.15) is 5.26 Å². The number of ether oxygens (including phenoxy) is 1. The van der Waals surface area contributed by atoms with Gasteiger partial charge in [0.1, 0.15) is 5.78 Å². The molecule has 2 heterocycles. The van der Waals surface area contributed by atoms with Crippen molar-refractivity contribution in [1.29, 1.82) is 5.26 Å². The zero-order valence-electron chi connectivity index (χ0n) is 14.6. The predicted molar refractivity (Wildman–Crippen MR) is 92.9 cm³/mol. The minimum atomic E-state index is -0.390. The minimum Gasteiger partial charge on any atom is -0.472 e. The summed E-state index contributed by atoms with van der Waals surface area (Å²) < 4.78 is 10.7. The van der Waals surface area contributed by atoms with E-state index < -0.39 is 5.92 Å². The topological polar surface area (TPSA) is 102 Å². The largest absolute Gasteiger partial charge is 0.472 e. The molecule has 0 spiro atoms. The Hall–Kier alpha value is -2.23. The van der Waals surface area contributed by atoms with Crippen molar-refractivity contribution in [3.8, 4) is 6.07 Å². The van der Waals surface area contributed by atoms with Gasteiger partial charge in [0.05, 0.1) is 49.0 Å². The predicted octanol–water partition coefficient (Wildman–Crippen LogP) is 2.58. The lowest BCUT2D eigenvalue weighted by molar-refractivity contribution is -0.124. The first kappa shape index (κ1) is 17.6. The number of hydrogen-bond donors (Lipinski definition) is 1. The third kappa shape index (κ3) is 3.44. The standard InChI is InChI=1S/C19H23N3O3/c1-19(2)7-14-18(16(23)8-19)17(12-3-5-24-10-12)13(9-21)15(22-14)11-25-6-4-20/h3,5,10,17-18H,4,6-8,11,20H2,1-2H3. The lowest BCUT2D eigenvalue weighted by atomic mass is 9.64. The van der Waals surface area contributed by atoms with Gasteiger partial charge in [0.15, 0.2) is 0 Å². The van der Waals surface area contributed by atoms with Crippen molar-refractivity contribution >= 4 is 11.5 Å². The lowest BCUT2D eigenvalue weighted by Crippen LogP contribution is -2.43. The second-order valence-electron chi connectivity index (χ2n) is 7.41. The maximum Gasteiger partial charge on any atom is 0.143 e. The average molecular weight is 341 g/mol. The summed E-state index contributed by atoms with van der Waals surface area (Å²) in [4.78, 5) is 17.6. The second-order valence-corrected chi connectivity index (χ2v) is 7.41. The Balaban J connectivity index is 2.06. The van der Waals surface area contributed by atoms with Crippen LogP contribution in [0.4, 0.5) is 0 Å². The van der Waals surface area contributed by atoms with Crippen LogP contribution < -0.4 is 5.73 Å². The van der Waals surface area contributed by atoms with Crippen LogP contribution in [-0.2, 0) is 9.53 Å². The fourth-order valence-electron chi connectivity index (χ4n) is 3.80. The van der Waals surface area contributed by atoms with Crippen LogP contribution in [0.1, 0.15) is 38.2 Å². The molecule has 3 rings (SSSR count). The van der Waals surface area contributed by atoms with E-state index in [1.54, 1.807) is 12.5 Å². The smallest absolute Gasteiger partial charge is 0.143 e. The Labute approximate surface area is 147 Å². The van der Waals surface area contributed by atoms with Crippen LogP contribution in [-0.4, -0.2) is 31.3 Å². The van der Waals surface area contributed by atoms with Crippen molar-refractivity contribution in [2.75, 3.05) is 19.8 Å². The van der Waals surface area contributed by atoms with E-state index in [2.05, 4.69) is 19.9 Å². The molecule has 1 saturated carbocycles. The number of nitriles is 1. The summed E-state index contributed by atoms with van der Waals surface area (Å²) in [7, 11) is 0.